The van der Waals surface area contributed by atoms with E-state index in [1.807, 2.05) is 54.6 Å². The predicted octanol–water partition coefficient (Wildman–Crippen LogP) is 5.74. The maximum atomic E-state index is 14.2. The van der Waals surface area contributed by atoms with E-state index in [9.17, 15) is 9.59 Å². The van der Waals surface area contributed by atoms with Crippen molar-refractivity contribution in [2.24, 2.45) is 5.92 Å². The summed E-state index contributed by atoms with van der Waals surface area (Å²) in [6.45, 7) is 7.27. The van der Waals surface area contributed by atoms with Crippen LogP contribution in [0, 0.1) is 5.92 Å². The van der Waals surface area contributed by atoms with Crippen LogP contribution in [0.2, 0.25) is 0 Å². The van der Waals surface area contributed by atoms with Gasteiger partial charge in [0.1, 0.15) is 36.0 Å². The number of rotatable bonds is 5. The van der Waals surface area contributed by atoms with Crippen molar-refractivity contribution in [2.45, 2.75) is 57.0 Å². The third kappa shape index (κ3) is 4.97. The second-order valence-electron chi connectivity index (χ2n) is 11.8. The number of nitrogens with zero attached hydrogens (tertiary/aromatic N) is 3. The zero-order valence-corrected chi connectivity index (χ0v) is 23.1. The molecule has 7 nitrogen and oxygen atoms in total. The standard InChI is InChI=1S/C33H34N4O3/c1-33(2,3)23-11-13-24(14-12-23)40-25-9-6-8-22(17-25)27-18-28(38)29(32(39)31(27)37-20-34-19-36-37)30-26-10-5-4-7-21(26)15-16-35-30/h4-14,17,19-20,27,29-31,35H,15-16,18H2,1-3H3/t27-,29+,30-,31-/m0/s1. The molecular weight excluding hydrogens is 500 g/mol. The smallest absolute Gasteiger partial charge is 0.170 e. The van der Waals surface area contributed by atoms with Crippen LogP contribution in [0.3, 0.4) is 0 Å². The van der Waals surface area contributed by atoms with E-state index >= 15 is 0 Å². The molecule has 0 amide bonds. The molecule has 1 aliphatic carbocycles. The van der Waals surface area contributed by atoms with E-state index in [0.717, 1.165) is 29.8 Å². The second-order valence-corrected chi connectivity index (χ2v) is 11.8. The third-order valence-electron chi connectivity index (χ3n) is 8.19. The number of hydrogen-bond donors (Lipinski definition) is 1. The molecule has 1 saturated carbocycles. The van der Waals surface area contributed by atoms with E-state index < -0.39 is 12.0 Å². The molecule has 4 atom stereocenters. The van der Waals surface area contributed by atoms with Gasteiger partial charge in [0.2, 0.25) is 0 Å². The molecule has 1 aliphatic heterocycles. The number of Topliss-reactive ketones (excluding diaryl/α,β-unsaturated/α-hetero) is 2. The summed E-state index contributed by atoms with van der Waals surface area (Å²) >= 11 is 0. The van der Waals surface area contributed by atoms with Gasteiger partial charge in [0.05, 0.1) is 5.92 Å². The lowest BCUT2D eigenvalue weighted by molar-refractivity contribution is -0.141. The van der Waals surface area contributed by atoms with Gasteiger partial charge in [-0.3, -0.25) is 9.59 Å². The van der Waals surface area contributed by atoms with Crippen LogP contribution in [0.4, 0.5) is 0 Å². The molecule has 3 aromatic carbocycles. The Hall–Kier alpha value is -4.10. The lowest BCUT2D eigenvalue weighted by Crippen LogP contribution is -2.48. The SMILES string of the molecule is CC(C)(C)c1ccc(Oc2cccc([C@@H]3CC(=O)[C@H]([C@H]4NCCc5ccccc54)C(=O)[C@H]3n3cncn3)c2)cc1. The van der Waals surface area contributed by atoms with Gasteiger partial charge in [0, 0.05) is 18.4 Å². The van der Waals surface area contributed by atoms with Crippen LogP contribution in [0.25, 0.3) is 0 Å². The first-order valence-corrected chi connectivity index (χ1v) is 13.9. The minimum absolute atomic E-state index is 0.0512. The Morgan fingerprint density at radius 3 is 2.50 bits per heavy atom. The molecule has 6 rings (SSSR count). The molecule has 0 saturated heterocycles. The molecule has 7 heteroatoms. The first-order valence-electron chi connectivity index (χ1n) is 13.9. The summed E-state index contributed by atoms with van der Waals surface area (Å²) in [6, 6.07) is 22.9. The van der Waals surface area contributed by atoms with Gasteiger partial charge >= 0.3 is 0 Å². The van der Waals surface area contributed by atoms with E-state index in [2.05, 4.69) is 54.4 Å². The number of nitrogens with one attached hydrogen (secondary N) is 1. The molecule has 0 bridgehead atoms. The van der Waals surface area contributed by atoms with Crippen molar-refractivity contribution >= 4 is 11.6 Å². The molecule has 1 fully saturated rings. The first kappa shape index (κ1) is 26.1. The highest BCUT2D eigenvalue weighted by atomic mass is 16.5. The summed E-state index contributed by atoms with van der Waals surface area (Å²) in [7, 11) is 0. The van der Waals surface area contributed by atoms with Crippen molar-refractivity contribution in [2.75, 3.05) is 6.54 Å². The minimum atomic E-state index is -0.785. The van der Waals surface area contributed by atoms with Crippen molar-refractivity contribution in [3.63, 3.8) is 0 Å². The van der Waals surface area contributed by atoms with Gasteiger partial charge < -0.3 is 10.1 Å². The van der Waals surface area contributed by atoms with E-state index in [4.69, 9.17) is 4.74 Å². The summed E-state index contributed by atoms with van der Waals surface area (Å²) in [5.74, 6) is 0.0325. The molecule has 0 unspecified atom stereocenters. The van der Waals surface area contributed by atoms with E-state index in [0.29, 0.717) is 5.75 Å². The van der Waals surface area contributed by atoms with Crippen LogP contribution in [0.1, 0.15) is 67.4 Å². The third-order valence-corrected chi connectivity index (χ3v) is 8.19. The number of aromatic nitrogens is 3. The van der Waals surface area contributed by atoms with Gasteiger partial charge in [-0.05, 0) is 64.9 Å². The van der Waals surface area contributed by atoms with Gasteiger partial charge in [0.25, 0.3) is 0 Å². The fourth-order valence-electron chi connectivity index (χ4n) is 6.13. The van der Waals surface area contributed by atoms with E-state index in [1.165, 1.54) is 17.5 Å². The topological polar surface area (TPSA) is 86.1 Å². The van der Waals surface area contributed by atoms with Crippen LogP contribution >= 0.6 is 0 Å². The molecule has 40 heavy (non-hydrogen) atoms. The van der Waals surface area contributed by atoms with Crippen molar-refractivity contribution in [1.82, 2.24) is 20.1 Å². The summed E-state index contributed by atoms with van der Waals surface area (Å²) in [6.07, 6.45) is 4.11. The lowest BCUT2D eigenvalue weighted by atomic mass is 9.69. The Morgan fingerprint density at radius 2 is 1.75 bits per heavy atom. The minimum Gasteiger partial charge on any atom is -0.457 e. The monoisotopic (exact) mass is 534 g/mol. The van der Waals surface area contributed by atoms with Crippen molar-refractivity contribution < 1.29 is 14.3 Å². The molecule has 0 radical (unpaired) electrons. The van der Waals surface area contributed by atoms with Gasteiger partial charge in [-0.1, -0.05) is 69.3 Å². The number of ether oxygens (including phenoxy) is 1. The number of hydrogen-bond acceptors (Lipinski definition) is 6. The van der Waals surface area contributed by atoms with Gasteiger partial charge in [-0.15, -0.1) is 0 Å². The quantitative estimate of drug-likeness (QED) is 0.329. The molecule has 0 spiro atoms. The van der Waals surface area contributed by atoms with Crippen molar-refractivity contribution in [1.29, 1.82) is 0 Å². The van der Waals surface area contributed by atoms with Gasteiger partial charge in [-0.2, -0.15) is 5.10 Å². The Labute approximate surface area is 234 Å². The Bertz CT molecular complexity index is 1520. The van der Waals surface area contributed by atoms with E-state index in [1.54, 1.807) is 11.0 Å². The Kier molecular flexibility index (Phi) is 6.84. The summed E-state index contributed by atoms with van der Waals surface area (Å²) in [4.78, 5) is 32.1. The number of ketones is 2. The van der Waals surface area contributed by atoms with Gasteiger partial charge in [0.15, 0.2) is 5.78 Å². The normalized spacial score (nSPS) is 23.1. The highest BCUT2D eigenvalue weighted by Gasteiger charge is 2.49. The number of benzene rings is 3. The van der Waals surface area contributed by atoms with Crippen LogP contribution in [-0.2, 0) is 21.4 Å². The number of carbonyl (C=O) groups excluding carboxylic acids is 2. The fourth-order valence-corrected chi connectivity index (χ4v) is 6.13. The molecule has 2 aliphatic rings. The lowest BCUT2D eigenvalue weighted by Gasteiger charge is -2.39. The maximum Gasteiger partial charge on any atom is 0.170 e. The van der Waals surface area contributed by atoms with Gasteiger partial charge in [-0.25, -0.2) is 9.67 Å². The molecule has 2 heterocycles. The highest BCUT2D eigenvalue weighted by Crippen LogP contribution is 2.44. The Balaban J connectivity index is 1.31. The number of fused-ring (bicyclic) bond motifs is 1. The van der Waals surface area contributed by atoms with Crippen molar-refractivity contribution in [3.8, 4) is 11.5 Å². The summed E-state index contributed by atoms with van der Waals surface area (Å²) in [5.41, 5.74) is 4.37. The predicted molar refractivity (Wildman–Crippen MR) is 152 cm³/mol. The van der Waals surface area contributed by atoms with Crippen LogP contribution < -0.4 is 10.1 Å². The number of carbonyl (C=O) groups is 2. The van der Waals surface area contributed by atoms with Crippen LogP contribution in [0.15, 0.2) is 85.5 Å². The molecule has 4 aromatic rings. The van der Waals surface area contributed by atoms with Crippen LogP contribution in [0.5, 0.6) is 11.5 Å². The maximum absolute atomic E-state index is 14.2. The van der Waals surface area contributed by atoms with Crippen LogP contribution in [-0.4, -0.2) is 32.9 Å². The summed E-state index contributed by atoms with van der Waals surface area (Å²) in [5, 5.41) is 7.82. The zero-order valence-electron chi connectivity index (χ0n) is 23.1. The first-order chi connectivity index (χ1) is 19.3. The second kappa shape index (κ2) is 10.5. The molecular formula is C33H34N4O3. The molecule has 204 valence electrons. The Morgan fingerprint density at radius 1 is 0.950 bits per heavy atom. The highest BCUT2D eigenvalue weighted by molar-refractivity contribution is 6.08. The molecule has 1 aromatic heterocycles. The molecule has 1 N–H and O–H groups in total. The zero-order chi connectivity index (χ0) is 27.9. The average molecular weight is 535 g/mol. The van der Waals surface area contributed by atoms with E-state index in [-0.39, 0.29) is 35.4 Å². The largest absolute Gasteiger partial charge is 0.457 e. The fraction of sp³-hybridized carbons (Fsp3) is 0.333. The summed E-state index contributed by atoms with van der Waals surface area (Å²) < 4.78 is 7.81. The average Bonchev–Trinajstić information content (AvgIpc) is 3.47. The van der Waals surface area contributed by atoms with Crippen molar-refractivity contribution in [3.05, 3.63) is 108 Å².